The van der Waals surface area contributed by atoms with Crippen molar-refractivity contribution < 1.29 is 9.53 Å². The van der Waals surface area contributed by atoms with Crippen molar-refractivity contribution in [2.75, 3.05) is 23.9 Å². The van der Waals surface area contributed by atoms with Gasteiger partial charge in [0.15, 0.2) is 0 Å². The Morgan fingerprint density at radius 1 is 1.04 bits per heavy atom. The molecule has 136 valence electrons. The molecule has 5 nitrogen and oxygen atoms in total. The third-order valence-electron chi connectivity index (χ3n) is 4.82. The summed E-state index contributed by atoms with van der Waals surface area (Å²) in [6.45, 7) is 1.59. The van der Waals surface area contributed by atoms with Gasteiger partial charge in [0.2, 0.25) is 0 Å². The highest BCUT2D eigenvalue weighted by Gasteiger charge is 2.22. The average Bonchev–Trinajstić information content (AvgIpc) is 2.73. The number of ether oxygens (including phenoxy) is 1. The van der Waals surface area contributed by atoms with Crippen molar-refractivity contribution in [1.82, 2.24) is 4.98 Å². The lowest BCUT2D eigenvalue weighted by atomic mass is 9.99. The molecule has 1 aromatic heterocycles. The number of hydrogen-bond donors (Lipinski definition) is 1. The molecule has 1 aliphatic rings. The molecule has 1 amide bonds. The second-order valence-electron chi connectivity index (χ2n) is 6.47. The lowest BCUT2D eigenvalue weighted by molar-refractivity contribution is 0.102. The number of methoxy groups -OCH3 is 1. The number of rotatable bonds is 4. The normalized spacial score (nSPS) is 13.0. The van der Waals surface area contributed by atoms with Gasteiger partial charge in [-0.1, -0.05) is 36.4 Å². The van der Waals surface area contributed by atoms with Gasteiger partial charge in [0.25, 0.3) is 5.91 Å². The molecule has 2 heterocycles. The molecule has 2 aromatic carbocycles. The van der Waals surface area contributed by atoms with Gasteiger partial charge in [-0.25, -0.2) is 4.98 Å². The standard InChI is InChI=1S/C22H21N3O2/c1-27-20-11-5-4-10-19(20)24-22(26)18-9-6-13-23-21(18)25-14-12-16-7-2-3-8-17(16)15-25/h2-11,13H,12,14-15H2,1H3,(H,24,26). The van der Waals surface area contributed by atoms with E-state index in [1.54, 1.807) is 19.4 Å². The van der Waals surface area contributed by atoms with Gasteiger partial charge in [0.1, 0.15) is 11.6 Å². The minimum absolute atomic E-state index is 0.193. The Morgan fingerprint density at radius 3 is 2.67 bits per heavy atom. The summed E-state index contributed by atoms with van der Waals surface area (Å²) < 4.78 is 5.33. The molecule has 0 radical (unpaired) electrons. The first-order chi connectivity index (χ1) is 13.3. The summed E-state index contributed by atoms with van der Waals surface area (Å²) in [5.41, 5.74) is 3.85. The number of aromatic nitrogens is 1. The van der Waals surface area contributed by atoms with Crippen LogP contribution in [0.15, 0.2) is 66.9 Å². The fourth-order valence-electron chi connectivity index (χ4n) is 3.44. The molecular formula is C22H21N3O2. The molecule has 0 fully saturated rings. The van der Waals surface area contributed by atoms with Gasteiger partial charge >= 0.3 is 0 Å². The minimum Gasteiger partial charge on any atom is -0.495 e. The Labute approximate surface area is 158 Å². The number of para-hydroxylation sites is 2. The Hall–Kier alpha value is -3.34. The van der Waals surface area contributed by atoms with Gasteiger partial charge in [0.05, 0.1) is 18.4 Å². The van der Waals surface area contributed by atoms with Crippen LogP contribution >= 0.6 is 0 Å². The number of nitrogens with zero attached hydrogens (tertiary/aromatic N) is 2. The summed E-state index contributed by atoms with van der Waals surface area (Å²) >= 11 is 0. The first kappa shape index (κ1) is 17.1. The zero-order chi connectivity index (χ0) is 18.6. The molecule has 0 unspecified atom stereocenters. The molecule has 0 saturated heterocycles. The lowest BCUT2D eigenvalue weighted by Crippen LogP contribution is -2.32. The Kier molecular flexibility index (Phi) is 4.75. The molecule has 3 aromatic rings. The molecule has 1 N–H and O–H groups in total. The smallest absolute Gasteiger partial charge is 0.259 e. The van der Waals surface area contributed by atoms with Crippen molar-refractivity contribution in [3.63, 3.8) is 0 Å². The van der Waals surface area contributed by atoms with Crippen molar-refractivity contribution in [2.45, 2.75) is 13.0 Å². The quantitative estimate of drug-likeness (QED) is 0.767. The van der Waals surface area contributed by atoms with Crippen LogP contribution in [-0.2, 0) is 13.0 Å². The molecule has 0 atom stereocenters. The van der Waals surface area contributed by atoms with Gasteiger partial charge in [-0.3, -0.25) is 4.79 Å². The third-order valence-corrected chi connectivity index (χ3v) is 4.82. The van der Waals surface area contributed by atoms with Crippen molar-refractivity contribution in [3.05, 3.63) is 83.6 Å². The maximum Gasteiger partial charge on any atom is 0.259 e. The summed E-state index contributed by atoms with van der Waals surface area (Å²) in [6.07, 6.45) is 2.68. The first-order valence-corrected chi connectivity index (χ1v) is 8.97. The Bertz CT molecular complexity index is 971. The molecule has 0 saturated carbocycles. The molecule has 1 aliphatic heterocycles. The van der Waals surface area contributed by atoms with Crippen molar-refractivity contribution >= 4 is 17.4 Å². The summed E-state index contributed by atoms with van der Waals surface area (Å²) in [6, 6.07) is 19.4. The van der Waals surface area contributed by atoms with Crippen LogP contribution in [0.5, 0.6) is 5.75 Å². The molecule has 0 aliphatic carbocycles. The fraction of sp³-hybridized carbons (Fsp3) is 0.182. The van der Waals surface area contributed by atoms with Crippen LogP contribution < -0.4 is 15.0 Å². The van der Waals surface area contributed by atoms with Gasteiger partial charge in [-0.2, -0.15) is 0 Å². The number of anilines is 2. The Balaban J connectivity index is 1.61. The van der Waals surface area contributed by atoms with E-state index in [9.17, 15) is 4.79 Å². The van der Waals surface area contributed by atoms with E-state index >= 15 is 0 Å². The van der Waals surface area contributed by atoms with Gasteiger partial charge in [-0.15, -0.1) is 0 Å². The van der Waals surface area contributed by atoms with Gasteiger partial charge < -0.3 is 15.0 Å². The zero-order valence-corrected chi connectivity index (χ0v) is 15.2. The molecule has 0 spiro atoms. The Morgan fingerprint density at radius 2 is 1.81 bits per heavy atom. The third kappa shape index (κ3) is 3.49. The highest BCUT2D eigenvalue weighted by Crippen LogP contribution is 2.28. The van der Waals surface area contributed by atoms with Crippen LogP contribution in [0.1, 0.15) is 21.5 Å². The number of carbonyl (C=O) groups excluding carboxylic acids is 1. The highest BCUT2D eigenvalue weighted by molar-refractivity contribution is 6.08. The van der Waals surface area contributed by atoms with E-state index in [-0.39, 0.29) is 5.91 Å². The minimum atomic E-state index is -0.193. The largest absolute Gasteiger partial charge is 0.495 e. The van der Waals surface area contributed by atoms with E-state index in [2.05, 4.69) is 39.5 Å². The average molecular weight is 359 g/mol. The summed E-state index contributed by atoms with van der Waals surface area (Å²) in [5.74, 6) is 1.14. The second kappa shape index (κ2) is 7.50. The molecule has 5 heteroatoms. The molecule has 27 heavy (non-hydrogen) atoms. The summed E-state index contributed by atoms with van der Waals surface area (Å²) in [4.78, 5) is 19.6. The number of nitrogens with one attached hydrogen (secondary N) is 1. The van der Waals surface area contributed by atoms with E-state index in [1.807, 2.05) is 30.3 Å². The summed E-state index contributed by atoms with van der Waals surface area (Å²) in [5, 5.41) is 2.95. The van der Waals surface area contributed by atoms with Crippen molar-refractivity contribution in [3.8, 4) is 5.75 Å². The van der Waals surface area contributed by atoms with Crippen molar-refractivity contribution in [1.29, 1.82) is 0 Å². The van der Waals surface area contributed by atoms with E-state index in [0.29, 0.717) is 22.8 Å². The molecule has 0 bridgehead atoms. The van der Waals surface area contributed by atoms with E-state index < -0.39 is 0 Å². The molecular weight excluding hydrogens is 338 g/mol. The van der Waals surface area contributed by atoms with E-state index in [0.717, 1.165) is 19.5 Å². The topological polar surface area (TPSA) is 54.5 Å². The van der Waals surface area contributed by atoms with E-state index in [4.69, 9.17) is 4.74 Å². The predicted octanol–water partition coefficient (Wildman–Crippen LogP) is 3.91. The number of benzene rings is 2. The van der Waals surface area contributed by atoms with E-state index in [1.165, 1.54) is 11.1 Å². The highest BCUT2D eigenvalue weighted by atomic mass is 16.5. The van der Waals surface area contributed by atoms with Crippen LogP contribution in [0.4, 0.5) is 11.5 Å². The SMILES string of the molecule is COc1ccccc1NC(=O)c1cccnc1N1CCc2ccccc2C1. The van der Waals surface area contributed by atoms with Gasteiger partial charge in [-0.05, 0) is 41.8 Å². The maximum absolute atomic E-state index is 13.0. The summed E-state index contributed by atoms with van der Waals surface area (Å²) in [7, 11) is 1.59. The predicted molar refractivity (Wildman–Crippen MR) is 106 cm³/mol. The fourth-order valence-corrected chi connectivity index (χ4v) is 3.44. The van der Waals surface area contributed by atoms with Crippen LogP contribution in [0, 0.1) is 0 Å². The number of hydrogen-bond acceptors (Lipinski definition) is 4. The lowest BCUT2D eigenvalue weighted by Gasteiger charge is -2.30. The first-order valence-electron chi connectivity index (χ1n) is 8.97. The van der Waals surface area contributed by atoms with Crippen LogP contribution in [0.3, 0.4) is 0 Å². The number of amides is 1. The monoisotopic (exact) mass is 359 g/mol. The maximum atomic E-state index is 13.0. The van der Waals surface area contributed by atoms with Crippen LogP contribution in [0.25, 0.3) is 0 Å². The van der Waals surface area contributed by atoms with Crippen molar-refractivity contribution in [2.24, 2.45) is 0 Å². The number of fused-ring (bicyclic) bond motifs is 1. The zero-order valence-electron chi connectivity index (χ0n) is 15.2. The second-order valence-corrected chi connectivity index (χ2v) is 6.47. The number of pyridine rings is 1. The van der Waals surface area contributed by atoms with Crippen LogP contribution in [-0.4, -0.2) is 24.5 Å². The number of carbonyl (C=O) groups is 1. The molecule has 4 rings (SSSR count). The van der Waals surface area contributed by atoms with Crippen LogP contribution in [0.2, 0.25) is 0 Å². The van der Waals surface area contributed by atoms with Gasteiger partial charge in [0, 0.05) is 19.3 Å².